The number of hydrogen-bond acceptors (Lipinski definition) is 1. The molecule has 4 saturated carbocycles. The molecule has 4 rings (SSSR count). The van der Waals surface area contributed by atoms with Crippen LogP contribution < -0.4 is 5.32 Å². The average Bonchev–Trinajstić information content (AvgIpc) is 2.27. The summed E-state index contributed by atoms with van der Waals surface area (Å²) in [6.45, 7) is 0.878. The van der Waals surface area contributed by atoms with Crippen LogP contribution >= 0.6 is 22.6 Å². The first-order valence-electron chi connectivity index (χ1n) is 7.06. The molecule has 2 nitrogen and oxygen atoms in total. The third-order valence-electron chi connectivity index (χ3n) is 5.12. The molecule has 0 atom stereocenters. The van der Waals surface area contributed by atoms with Crippen molar-refractivity contribution >= 4 is 28.5 Å². The van der Waals surface area contributed by atoms with Crippen LogP contribution in [0.5, 0.6) is 0 Å². The van der Waals surface area contributed by atoms with Crippen LogP contribution in [0.1, 0.15) is 44.9 Å². The fourth-order valence-corrected chi connectivity index (χ4v) is 5.23. The molecule has 4 aliphatic carbocycles. The first kappa shape index (κ1) is 12.2. The lowest BCUT2D eigenvalue weighted by Crippen LogP contribution is -2.53. The number of carbonyl (C=O) groups is 1. The van der Waals surface area contributed by atoms with Crippen molar-refractivity contribution in [2.45, 2.75) is 44.9 Å². The zero-order valence-electron chi connectivity index (χ0n) is 10.4. The monoisotopic (exact) mass is 347 g/mol. The maximum Gasteiger partial charge on any atom is 0.226 e. The molecule has 0 radical (unpaired) electrons. The highest BCUT2D eigenvalue weighted by molar-refractivity contribution is 14.1. The first-order valence-corrected chi connectivity index (χ1v) is 8.59. The summed E-state index contributed by atoms with van der Waals surface area (Å²) in [5, 5.41) is 3.20. The predicted octanol–water partition coefficient (Wildman–Crippen LogP) is 3.14. The number of carbonyl (C=O) groups excluding carboxylic acids is 1. The Morgan fingerprint density at radius 2 is 1.65 bits per heavy atom. The molecule has 0 aromatic heterocycles. The molecule has 0 heterocycles. The van der Waals surface area contributed by atoms with Crippen molar-refractivity contribution in [2.24, 2.45) is 23.2 Å². The molecule has 0 aromatic carbocycles. The van der Waals surface area contributed by atoms with Crippen molar-refractivity contribution < 1.29 is 4.79 Å². The minimum absolute atomic E-state index is 0.0556. The molecule has 4 fully saturated rings. The summed E-state index contributed by atoms with van der Waals surface area (Å²) in [4.78, 5) is 12.5. The van der Waals surface area contributed by atoms with Crippen molar-refractivity contribution in [3.05, 3.63) is 0 Å². The van der Waals surface area contributed by atoms with Gasteiger partial charge in [0.05, 0.1) is 0 Å². The van der Waals surface area contributed by atoms with Crippen molar-refractivity contribution in [3.8, 4) is 0 Å². The average molecular weight is 347 g/mol. The lowest BCUT2D eigenvalue weighted by Gasteiger charge is -2.55. The van der Waals surface area contributed by atoms with E-state index in [2.05, 4.69) is 27.9 Å². The molecule has 0 spiro atoms. The summed E-state index contributed by atoms with van der Waals surface area (Å²) in [6, 6.07) is 0. The Bertz CT molecular complexity index is 280. The van der Waals surface area contributed by atoms with E-state index in [1.165, 1.54) is 38.5 Å². The van der Waals surface area contributed by atoms with Crippen LogP contribution in [0.4, 0.5) is 0 Å². The lowest BCUT2D eigenvalue weighted by molar-refractivity contribution is -0.146. The Balaban J connectivity index is 1.67. The molecule has 3 heteroatoms. The first-order chi connectivity index (χ1) is 8.22. The molecule has 4 bridgehead atoms. The van der Waals surface area contributed by atoms with Gasteiger partial charge in [-0.25, -0.2) is 0 Å². The van der Waals surface area contributed by atoms with Gasteiger partial charge in [-0.05, 0) is 62.7 Å². The number of rotatable bonds is 4. The highest BCUT2D eigenvalue weighted by Crippen LogP contribution is 2.60. The maximum absolute atomic E-state index is 12.5. The molecular weight excluding hydrogens is 325 g/mol. The standard InChI is InChI=1S/C14H22INO/c15-2-1-3-16-13(17)14-7-10-4-11(8-14)6-12(5-10)9-14/h10-12H,1-9H2,(H,16,17). The van der Waals surface area contributed by atoms with Gasteiger partial charge in [0.2, 0.25) is 5.91 Å². The number of alkyl halides is 1. The summed E-state index contributed by atoms with van der Waals surface area (Å²) in [5.41, 5.74) is 0.0556. The zero-order chi connectivity index (χ0) is 11.9. The van der Waals surface area contributed by atoms with E-state index >= 15 is 0 Å². The summed E-state index contributed by atoms with van der Waals surface area (Å²) in [5.74, 6) is 3.01. The molecule has 0 aromatic rings. The third-order valence-corrected chi connectivity index (χ3v) is 5.88. The second kappa shape index (κ2) is 4.71. The third kappa shape index (κ3) is 2.24. The van der Waals surface area contributed by atoms with Gasteiger partial charge in [-0.1, -0.05) is 22.6 Å². The Kier molecular flexibility index (Phi) is 3.39. The van der Waals surface area contributed by atoms with Crippen molar-refractivity contribution in [3.63, 3.8) is 0 Å². The molecule has 4 aliphatic rings. The van der Waals surface area contributed by atoms with E-state index < -0.39 is 0 Å². The van der Waals surface area contributed by atoms with E-state index in [0.29, 0.717) is 5.91 Å². The molecule has 0 aliphatic heterocycles. The smallest absolute Gasteiger partial charge is 0.226 e. The molecule has 0 saturated heterocycles. The van der Waals surface area contributed by atoms with E-state index in [1.54, 1.807) is 0 Å². The predicted molar refractivity (Wildman–Crippen MR) is 77.1 cm³/mol. The molecule has 17 heavy (non-hydrogen) atoms. The van der Waals surface area contributed by atoms with E-state index in [4.69, 9.17) is 0 Å². The SMILES string of the molecule is O=C(NCCCI)C12CC3CC(CC(C3)C1)C2. The van der Waals surface area contributed by atoms with Gasteiger partial charge in [0.15, 0.2) is 0 Å². The molecule has 1 N–H and O–H groups in total. The number of hydrogen-bond donors (Lipinski definition) is 1. The minimum atomic E-state index is 0.0556. The van der Waals surface area contributed by atoms with E-state index in [-0.39, 0.29) is 5.41 Å². The highest BCUT2D eigenvalue weighted by atomic mass is 127. The minimum Gasteiger partial charge on any atom is -0.356 e. The van der Waals surface area contributed by atoms with Gasteiger partial charge in [-0.2, -0.15) is 0 Å². The topological polar surface area (TPSA) is 29.1 Å². The lowest BCUT2D eigenvalue weighted by atomic mass is 9.49. The number of nitrogens with one attached hydrogen (secondary N) is 1. The Morgan fingerprint density at radius 3 is 2.12 bits per heavy atom. The Morgan fingerprint density at radius 1 is 1.12 bits per heavy atom. The molecule has 96 valence electrons. The fourth-order valence-electron chi connectivity index (χ4n) is 4.84. The van der Waals surface area contributed by atoms with Gasteiger partial charge in [-0.15, -0.1) is 0 Å². The van der Waals surface area contributed by atoms with E-state index in [9.17, 15) is 4.79 Å². The van der Waals surface area contributed by atoms with Crippen molar-refractivity contribution in [2.75, 3.05) is 11.0 Å². The van der Waals surface area contributed by atoms with Crippen molar-refractivity contribution in [1.82, 2.24) is 5.32 Å². The normalized spacial score (nSPS) is 42.8. The Labute approximate surface area is 117 Å². The highest BCUT2D eigenvalue weighted by Gasteiger charge is 2.54. The molecular formula is C14H22INO. The summed E-state index contributed by atoms with van der Waals surface area (Å²) in [7, 11) is 0. The van der Waals surface area contributed by atoms with Crippen LogP contribution in [0, 0.1) is 23.2 Å². The maximum atomic E-state index is 12.5. The van der Waals surface area contributed by atoms with Gasteiger partial charge in [0, 0.05) is 16.4 Å². The van der Waals surface area contributed by atoms with Gasteiger partial charge in [-0.3, -0.25) is 4.79 Å². The molecule has 1 amide bonds. The van der Waals surface area contributed by atoms with Crippen LogP contribution in [0.25, 0.3) is 0 Å². The van der Waals surface area contributed by atoms with E-state index in [0.717, 1.165) is 35.1 Å². The zero-order valence-corrected chi connectivity index (χ0v) is 12.5. The summed E-state index contributed by atoms with van der Waals surface area (Å²) >= 11 is 2.37. The second-order valence-corrected chi connectivity index (χ2v) is 7.58. The quantitative estimate of drug-likeness (QED) is 0.473. The van der Waals surface area contributed by atoms with E-state index in [1.807, 2.05) is 0 Å². The van der Waals surface area contributed by atoms with Crippen LogP contribution in [0.3, 0.4) is 0 Å². The van der Waals surface area contributed by atoms with Crippen LogP contribution in [-0.4, -0.2) is 16.9 Å². The molecule has 0 unspecified atom stereocenters. The fraction of sp³-hybridized carbons (Fsp3) is 0.929. The second-order valence-electron chi connectivity index (χ2n) is 6.50. The Hall–Kier alpha value is 0.200. The summed E-state index contributed by atoms with van der Waals surface area (Å²) in [6.07, 6.45) is 8.93. The van der Waals surface area contributed by atoms with Gasteiger partial charge < -0.3 is 5.32 Å². The number of halogens is 1. The van der Waals surface area contributed by atoms with Crippen LogP contribution in [0.15, 0.2) is 0 Å². The van der Waals surface area contributed by atoms with Gasteiger partial charge in [0.25, 0.3) is 0 Å². The van der Waals surface area contributed by atoms with Gasteiger partial charge in [0.1, 0.15) is 0 Å². The number of amides is 1. The summed E-state index contributed by atoms with van der Waals surface area (Å²) < 4.78 is 1.14. The van der Waals surface area contributed by atoms with Gasteiger partial charge >= 0.3 is 0 Å². The largest absolute Gasteiger partial charge is 0.356 e. The van der Waals surface area contributed by atoms with Crippen LogP contribution in [0.2, 0.25) is 0 Å². The van der Waals surface area contributed by atoms with Crippen LogP contribution in [-0.2, 0) is 4.79 Å². The van der Waals surface area contributed by atoms with Crippen molar-refractivity contribution in [1.29, 1.82) is 0 Å².